The fourth-order valence-electron chi connectivity index (χ4n) is 3.19. The molecule has 0 aliphatic carbocycles. The number of nitrogens with one attached hydrogen (secondary N) is 1. The second-order valence-electron chi connectivity index (χ2n) is 7.03. The van der Waals surface area contributed by atoms with Crippen molar-refractivity contribution in [3.05, 3.63) is 101 Å². The number of carbonyl (C=O) groups excluding carboxylic acids is 1. The summed E-state index contributed by atoms with van der Waals surface area (Å²) < 4.78 is 5.72. The summed E-state index contributed by atoms with van der Waals surface area (Å²) in [6.07, 6.45) is 1.11. The molecule has 0 unspecified atom stereocenters. The lowest BCUT2D eigenvalue weighted by Crippen LogP contribution is -2.29. The van der Waals surface area contributed by atoms with Gasteiger partial charge >= 0.3 is 0 Å². The highest BCUT2D eigenvalue weighted by atomic mass is 16.5. The number of amides is 1. The Labute approximate surface area is 167 Å². The van der Waals surface area contributed by atoms with Crippen LogP contribution in [0.4, 0.5) is 0 Å². The molecule has 0 saturated heterocycles. The second-order valence-corrected chi connectivity index (χ2v) is 7.03. The van der Waals surface area contributed by atoms with E-state index in [9.17, 15) is 4.79 Å². The number of rotatable bonds is 8. The quantitative estimate of drug-likeness (QED) is 0.539. The van der Waals surface area contributed by atoms with Gasteiger partial charge in [-0.05, 0) is 49.1 Å². The van der Waals surface area contributed by atoms with Gasteiger partial charge in [0.05, 0.1) is 12.6 Å². The van der Waals surface area contributed by atoms with Gasteiger partial charge in [-0.25, -0.2) is 0 Å². The normalized spacial score (nSPS) is 11.6. The van der Waals surface area contributed by atoms with Crippen LogP contribution in [0.5, 0.6) is 5.75 Å². The molecule has 3 heteroatoms. The number of aryl methyl sites for hydroxylation is 2. The van der Waals surface area contributed by atoms with Crippen molar-refractivity contribution in [1.29, 1.82) is 0 Å². The lowest BCUT2D eigenvalue weighted by atomic mass is 9.95. The van der Waals surface area contributed by atoms with Crippen molar-refractivity contribution >= 4 is 5.91 Å². The standard InChI is InChI=1S/C25H27NO2/c1-19-14-16-22(17-15-19)28-18-8-13-24(27)26-25(21-10-4-3-5-11-21)23-12-7-6-9-20(23)2/h3-7,9-12,14-17,25H,8,13,18H2,1-2H3,(H,26,27)/t25-/m1/s1. The molecule has 0 aliphatic heterocycles. The van der Waals surface area contributed by atoms with Gasteiger partial charge in [0.1, 0.15) is 5.75 Å². The minimum atomic E-state index is -0.145. The third kappa shape index (κ3) is 5.46. The predicted octanol–water partition coefficient (Wildman–Crippen LogP) is 5.37. The summed E-state index contributed by atoms with van der Waals surface area (Å²) in [4.78, 5) is 12.6. The molecule has 3 rings (SSSR count). The van der Waals surface area contributed by atoms with Crippen molar-refractivity contribution in [3.8, 4) is 5.75 Å². The van der Waals surface area contributed by atoms with Crippen LogP contribution >= 0.6 is 0 Å². The van der Waals surface area contributed by atoms with Crippen molar-refractivity contribution in [1.82, 2.24) is 5.32 Å². The predicted molar refractivity (Wildman–Crippen MR) is 114 cm³/mol. The molecule has 3 nitrogen and oxygen atoms in total. The van der Waals surface area contributed by atoms with E-state index in [2.05, 4.69) is 36.5 Å². The van der Waals surface area contributed by atoms with Crippen molar-refractivity contribution in [2.45, 2.75) is 32.7 Å². The largest absolute Gasteiger partial charge is 0.494 e. The molecule has 1 amide bonds. The van der Waals surface area contributed by atoms with E-state index in [0.717, 1.165) is 16.9 Å². The summed E-state index contributed by atoms with van der Waals surface area (Å²) in [6, 6.07) is 26.1. The Hall–Kier alpha value is -3.07. The maximum absolute atomic E-state index is 12.6. The maximum atomic E-state index is 12.6. The van der Waals surface area contributed by atoms with Gasteiger partial charge < -0.3 is 10.1 Å². The smallest absolute Gasteiger partial charge is 0.220 e. The molecule has 0 bridgehead atoms. The zero-order valence-electron chi connectivity index (χ0n) is 16.5. The Kier molecular flexibility index (Phi) is 6.85. The molecule has 1 N–H and O–H groups in total. The summed E-state index contributed by atoms with van der Waals surface area (Å²) in [6.45, 7) is 4.65. The van der Waals surface area contributed by atoms with Gasteiger partial charge in [-0.1, -0.05) is 72.3 Å². The van der Waals surface area contributed by atoms with E-state index in [1.54, 1.807) is 0 Å². The van der Waals surface area contributed by atoms with Crippen LogP contribution < -0.4 is 10.1 Å². The molecular weight excluding hydrogens is 346 g/mol. The lowest BCUT2D eigenvalue weighted by molar-refractivity contribution is -0.121. The number of hydrogen-bond donors (Lipinski definition) is 1. The molecule has 0 heterocycles. The van der Waals surface area contributed by atoms with Crippen molar-refractivity contribution in [2.24, 2.45) is 0 Å². The van der Waals surface area contributed by atoms with Gasteiger partial charge in [-0.2, -0.15) is 0 Å². The first-order chi connectivity index (χ1) is 13.6. The van der Waals surface area contributed by atoms with Gasteiger partial charge in [-0.15, -0.1) is 0 Å². The molecule has 0 aliphatic rings. The summed E-state index contributed by atoms with van der Waals surface area (Å²) in [5.41, 5.74) is 4.58. The number of carbonyl (C=O) groups is 1. The van der Waals surface area contributed by atoms with Crippen LogP contribution in [-0.4, -0.2) is 12.5 Å². The fraction of sp³-hybridized carbons (Fsp3) is 0.240. The molecule has 0 spiro atoms. The highest BCUT2D eigenvalue weighted by molar-refractivity contribution is 5.77. The van der Waals surface area contributed by atoms with Gasteiger partial charge in [0.25, 0.3) is 0 Å². The van der Waals surface area contributed by atoms with Gasteiger partial charge in [0.15, 0.2) is 0 Å². The van der Waals surface area contributed by atoms with Crippen LogP contribution in [0.15, 0.2) is 78.9 Å². The third-order valence-corrected chi connectivity index (χ3v) is 4.78. The van der Waals surface area contributed by atoms with Gasteiger partial charge in [-0.3, -0.25) is 4.79 Å². The van der Waals surface area contributed by atoms with E-state index in [0.29, 0.717) is 19.4 Å². The minimum absolute atomic E-state index is 0.0320. The van der Waals surface area contributed by atoms with Crippen LogP contribution in [0.25, 0.3) is 0 Å². The van der Waals surface area contributed by atoms with Crippen LogP contribution in [0, 0.1) is 13.8 Å². The molecule has 0 aromatic heterocycles. The first kappa shape index (κ1) is 19.7. The van der Waals surface area contributed by atoms with Crippen molar-refractivity contribution < 1.29 is 9.53 Å². The van der Waals surface area contributed by atoms with Crippen LogP contribution in [0.2, 0.25) is 0 Å². The number of hydrogen-bond acceptors (Lipinski definition) is 2. The SMILES string of the molecule is Cc1ccc(OCCCC(=O)N[C@H](c2ccccc2)c2ccccc2C)cc1. The molecule has 28 heavy (non-hydrogen) atoms. The Balaban J connectivity index is 1.59. The van der Waals surface area contributed by atoms with Crippen LogP contribution in [0.3, 0.4) is 0 Å². The minimum Gasteiger partial charge on any atom is -0.494 e. The van der Waals surface area contributed by atoms with Crippen LogP contribution in [-0.2, 0) is 4.79 Å². The lowest BCUT2D eigenvalue weighted by Gasteiger charge is -2.21. The molecule has 3 aromatic rings. The monoisotopic (exact) mass is 373 g/mol. The summed E-state index contributed by atoms with van der Waals surface area (Å²) in [7, 11) is 0. The Morgan fingerprint density at radius 3 is 2.29 bits per heavy atom. The Bertz CT molecular complexity index is 888. The van der Waals surface area contributed by atoms with E-state index < -0.39 is 0 Å². The fourth-order valence-corrected chi connectivity index (χ4v) is 3.19. The van der Waals surface area contributed by atoms with Crippen LogP contribution in [0.1, 0.15) is 41.1 Å². The van der Waals surface area contributed by atoms with Gasteiger partial charge in [0.2, 0.25) is 5.91 Å². The summed E-state index contributed by atoms with van der Waals surface area (Å²) in [5, 5.41) is 3.20. The molecular formula is C25H27NO2. The summed E-state index contributed by atoms with van der Waals surface area (Å²) >= 11 is 0. The average Bonchev–Trinajstić information content (AvgIpc) is 2.72. The van der Waals surface area contributed by atoms with Gasteiger partial charge in [0, 0.05) is 6.42 Å². The van der Waals surface area contributed by atoms with E-state index in [-0.39, 0.29) is 11.9 Å². The second kappa shape index (κ2) is 9.75. The van der Waals surface area contributed by atoms with E-state index in [1.165, 1.54) is 11.1 Å². The topological polar surface area (TPSA) is 38.3 Å². The molecule has 0 radical (unpaired) electrons. The molecule has 0 saturated carbocycles. The zero-order chi connectivity index (χ0) is 19.8. The number of ether oxygens (including phenoxy) is 1. The maximum Gasteiger partial charge on any atom is 0.220 e. The highest BCUT2D eigenvalue weighted by Crippen LogP contribution is 2.25. The number of benzene rings is 3. The first-order valence-electron chi connectivity index (χ1n) is 9.73. The molecule has 1 atom stereocenters. The van der Waals surface area contributed by atoms with Crippen molar-refractivity contribution in [2.75, 3.05) is 6.61 Å². The molecule has 3 aromatic carbocycles. The zero-order valence-corrected chi connectivity index (χ0v) is 16.5. The van der Waals surface area contributed by atoms with E-state index in [1.807, 2.05) is 61.5 Å². The third-order valence-electron chi connectivity index (χ3n) is 4.78. The summed E-state index contributed by atoms with van der Waals surface area (Å²) in [5.74, 6) is 0.873. The van der Waals surface area contributed by atoms with E-state index in [4.69, 9.17) is 4.74 Å². The first-order valence-corrected chi connectivity index (χ1v) is 9.73. The highest BCUT2D eigenvalue weighted by Gasteiger charge is 2.18. The Morgan fingerprint density at radius 2 is 1.57 bits per heavy atom. The van der Waals surface area contributed by atoms with Crippen molar-refractivity contribution in [3.63, 3.8) is 0 Å². The van der Waals surface area contributed by atoms with E-state index >= 15 is 0 Å². The average molecular weight is 373 g/mol. The Morgan fingerprint density at radius 1 is 0.893 bits per heavy atom. The molecule has 0 fully saturated rings. The molecule has 144 valence electrons.